The lowest BCUT2D eigenvalue weighted by atomic mass is 9.89. The maximum Gasteiger partial charge on any atom is 0.258 e. The van der Waals surface area contributed by atoms with Gasteiger partial charge in [0.1, 0.15) is 11.6 Å². The van der Waals surface area contributed by atoms with Gasteiger partial charge in [-0.15, -0.1) is 0 Å². The second kappa shape index (κ2) is 11.0. The molecule has 7 nitrogen and oxygen atoms in total. The molecule has 3 amide bonds. The smallest absolute Gasteiger partial charge is 0.258 e. The molecule has 0 saturated carbocycles. The Morgan fingerprint density at radius 1 is 1.08 bits per heavy atom. The Hall–Kier alpha value is -3.91. The summed E-state index contributed by atoms with van der Waals surface area (Å²) in [5, 5.41) is 0.545. The fraction of sp³-hybridized carbons (Fsp3) is 0.250. The molecule has 2 N–H and O–H groups in total. The molecule has 3 aromatic rings. The molecule has 0 bridgehead atoms. The summed E-state index contributed by atoms with van der Waals surface area (Å²) in [6.45, 7) is 3.38. The third-order valence-electron chi connectivity index (χ3n) is 6.30. The van der Waals surface area contributed by atoms with E-state index in [-0.39, 0.29) is 30.9 Å². The van der Waals surface area contributed by atoms with Crippen molar-refractivity contribution in [2.75, 3.05) is 16.4 Å². The SMILES string of the molecule is CCC(=O)N(c1ccc(Cl)cc1)[C@@H]1C[C@H](C)N(C(=O)c2ccc(F)cc2)c2ccc(OCC(N)=O)cc21. The fourth-order valence-electron chi connectivity index (χ4n) is 4.61. The summed E-state index contributed by atoms with van der Waals surface area (Å²) in [6.07, 6.45) is 0.687. The van der Waals surface area contributed by atoms with Gasteiger partial charge in [0.25, 0.3) is 11.8 Å². The highest BCUT2D eigenvalue weighted by Crippen LogP contribution is 2.44. The van der Waals surface area contributed by atoms with Gasteiger partial charge in [-0.1, -0.05) is 18.5 Å². The minimum Gasteiger partial charge on any atom is -0.484 e. The van der Waals surface area contributed by atoms with Crippen LogP contribution >= 0.6 is 11.6 Å². The molecule has 0 radical (unpaired) electrons. The Kier molecular flexibility index (Phi) is 7.78. The van der Waals surface area contributed by atoms with Crippen molar-refractivity contribution in [2.24, 2.45) is 5.73 Å². The normalized spacial score (nSPS) is 16.6. The molecule has 1 aliphatic rings. The summed E-state index contributed by atoms with van der Waals surface area (Å²) < 4.78 is 19.0. The quantitative estimate of drug-likeness (QED) is 0.457. The number of halogens is 2. The molecular formula is C28H27ClFN3O4. The highest BCUT2D eigenvalue weighted by molar-refractivity contribution is 6.30. The van der Waals surface area contributed by atoms with Gasteiger partial charge in [0.05, 0.1) is 6.04 Å². The molecule has 0 aliphatic carbocycles. The second-order valence-electron chi connectivity index (χ2n) is 8.85. The number of nitrogens with zero attached hydrogens (tertiary/aromatic N) is 2. The predicted octanol–water partition coefficient (Wildman–Crippen LogP) is 5.27. The van der Waals surface area contributed by atoms with Crippen LogP contribution in [0, 0.1) is 5.82 Å². The summed E-state index contributed by atoms with van der Waals surface area (Å²) in [6, 6.07) is 16.8. The van der Waals surface area contributed by atoms with Crippen LogP contribution < -0.4 is 20.3 Å². The molecule has 9 heteroatoms. The highest BCUT2D eigenvalue weighted by atomic mass is 35.5. The number of hydrogen-bond donors (Lipinski definition) is 1. The number of hydrogen-bond acceptors (Lipinski definition) is 4. The number of rotatable bonds is 7. The van der Waals surface area contributed by atoms with Crippen LogP contribution in [0.4, 0.5) is 15.8 Å². The number of fused-ring (bicyclic) bond motifs is 1. The zero-order valence-electron chi connectivity index (χ0n) is 20.5. The van der Waals surface area contributed by atoms with Crippen molar-refractivity contribution >= 4 is 40.7 Å². The van der Waals surface area contributed by atoms with E-state index in [1.54, 1.807) is 59.2 Å². The number of ether oxygens (including phenoxy) is 1. The van der Waals surface area contributed by atoms with E-state index in [9.17, 15) is 18.8 Å². The van der Waals surface area contributed by atoms with Crippen LogP contribution in [0.3, 0.4) is 0 Å². The zero-order valence-corrected chi connectivity index (χ0v) is 21.2. The Morgan fingerprint density at radius 3 is 2.38 bits per heavy atom. The first kappa shape index (κ1) is 26.2. The van der Waals surface area contributed by atoms with Crippen molar-refractivity contribution in [3.05, 3.63) is 88.7 Å². The molecule has 0 aromatic heterocycles. The summed E-state index contributed by atoms with van der Waals surface area (Å²) in [5.74, 6) is -1.08. The van der Waals surface area contributed by atoms with E-state index in [1.807, 2.05) is 6.92 Å². The van der Waals surface area contributed by atoms with E-state index in [1.165, 1.54) is 24.3 Å². The van der Waals surface area contributed by atoms with E-state index in [2.05, 4.69) is 0 Å². The standard InChI is InChI=1S/C28H27ClFN3O4/c1-3-27(35)33(21-10-6-19(29)7-11-21)25-14-17(2)32(28(36)18-4-8-20(30)9-5-18)24-13-12-22(15-23(24)25)37-16-26(31)34/h4-13,15,17,25H,3,14,16H2,1-2H3,(H2,31,34)/t17-,25+/m0/s1. The van der Waals surface area contributed by atoms with Crippen LogP contribution in [-0.2, 0) is 9.59 Å². The molecule has 0 unspecified atom stereocenters. The Morgan fingerprint density at radius 2 is 1.76 bits per heavy atom. The Labute approximate surface area is 219 Å². The number of carbonyl (C=O) groups is 3. The van der Waals surface area contributed by atoms with Crippen molar-refractivity contribution in [1.29, 1.82) is 0 Å². The van der Waals surface area contributed by atoms with Gasteiger partial charge in [-0.25, -0.2) is 4.39 Å². The van der Waals surface area contributed by atoms with Crippen LogP contribution in [0.25, 0.3) is 0 Å². The second-order valence-corrected chi connectivity index (χ2v) is 9.29. The van der Waals surface area contributed by atoms with Crippen molar-refractivity contribution in [1.82, 2.24) is 0 Å². The lowest BCUT2D eigenvalue weighted by molar-refractivity contribution is -0.120. The van der Waals surface area contributed by atoms with Crippen LogP contribution in [0.15, 0.2) is 66.7 Å². The van der Waals surface area contributed by atoms with Gasteiger partial charge in [-0.2, -0.15) is 0 Å². The Bertz CT molecular complexity index is 1310. The number of nitrogens with two attached hydrogens (primary N) is 1. The molecule has 192 valence electrons. The maximum absolute atomic E-state index is 13.6. The van der Waals surface area contributed by atoms with Gasteiger partial charge in [0, 0.05) is 40.0 Å². The highest BCUT2D eigenvalue weighted by Gasteiger charge is 2.39. The first-order valence-corrected chi connectivity index (χ1v) is 12.3. The minimum atomic E-state index is -0.625. The third kappa shape index (κ3) is 5.59. The number of benzene rings is 3. The van der Waals surface area contributed by atoms with Crippen LogP contribution in [0.5, 0.6) is 5.75 Å². The lowest BCUT2D eigenvalue weighted by Gasteiger charge is -2.43. The number of primary amides is 1. The Balaban J connectivity index is 1.84. The number of anilines is 2. The molecule has 4 rings (SSSR count). The van der Waals surface area contributed by atoms with Gasteiger partial charge in [0.2, 0.25) is 5.91 Å². The molecule has 0 spiro atoms. The van der Waals surface area contributed by atoms with Gasteiger partial charge < -0.3 is 20.3 Å². The van der Waals surface area contributed by atoms with Crippen LogP contribution in [0.2, 0.25) is 5.02 Å². The zero-order chi connectivity index (χ0) is 26.7. The maximum atomic E-state index is 13.6. The summed E-state index contributed by atoms with van der Waals surface area (Å²) in [5.41, 5.74) is 7.52. The average molecular weight is 524 g/mol. The van der Waals surface area contributed by atoms with Crippen molar-refractivity contribution in [3.63, 3.8) is 0 Å². The van der Waals surface area contributed by atoms with E-state index >= 15 is 0 Å². The first-order valence-electron chi connectivity index (χ1n) is 11.9. The summed E-state index contributed by atoms with van der Waals surface area (Å²) >= 11 is 6.10. The van der Waals surface area contributed by atoms with Gasteiger partial charge in [-0.05, 0) is 80.1 Å². The third-order valence-corrected chi connectivity index (χ3v) is 6.55. The summed E-state index contributed by atoms with van der Waals surface area (Å²) in [4.78, 5) is 41.5. The van der Waals surface area contributed by atoms with E-state index in [0.29, 0.717) is 39.7 Å². The largest absolute Gasteiger partial charge is 0.484 e. The lowest BCUT2D eigenvalue weighted by Crippen LogP contribution is -2.47. The van der Waals surface area contributed by atoms with Crippen molar-refractivity contribution in [2.45, 2.75) is 38.8 Å². The molecule has 3 aromatic carbocycles. The van der Waals surface area contributed by atoms with Crippen LogP contribution in [0.1, 0.15) is 48.7 Å². The summed E-state index contributed by atoms with van der Waals surface area (Å²) in [7, 11) is 0. The van der Waals surface area contributed by atoms with Gasteiger partial charge >= 0.3 is 0 Å². The van der Waals surface area contributed by atoms with Crippen molar-refractivity contribution in [3.8, 4) is 5.75 Å². The van der Waals surface area contributed by atoms with E-state index in [0.717, 1.165) is 0 Å². The molecule has 2 atom stereocenters. The van der Waals surface area contributed by atoms with Crippen LogP contribution in [-0.4, -0.2) is 30.4 Å². The average Bonchev–Trinajstić information content (AvgIpc) is 2.88. The molecule has 0 saturated heterocycles. The minimum absolute atomic E-state index is 0.104. The van der Waals surface area contributed by atoms with Gasteiger partial charge in [0.15, 0.2) is 6.61 Å². The molecule has 0 fully saturated rings. The molecule has 1 aliphatic heterocycles. The molecule has 1 heterocycles. The predicted molar refractivity (Wildman–Crippen MR) is 140 cm³/mol. The molecular weight excluding hydrogens is 497 g/mol. The van der Waals surface area contributed by atoms with Crippen molar-refractivity contribution < 1.29 is 23.5 Å². The topological polar surface area (TPSA) is 92.9 Å². The number of carbonyl (C=O) groups excluding carboxylic acids is 3. The van der Waals surface area contributed by atoms with E-state index < -0.39 is 17.8 Å². The van der Waals surface area contributed by atoms with E-state index in [4.69, 9.17) is 22.1 Å². The molecule has 37 heavy (non-hydrogen) atoms. The monoisotopic (exact) mass is 523 g/mol. The van der Waals surface area contributed by atoms with Gasteiger partial charge in [-0.3, -0.25) is 14.4 Å². The fourth-order valence-corrected chi connectivity index (χ4v) is 4.74. The first-order chi connectivity index (χ1) is 17.7. The number of amides is 3.